The first-order chi connectivity index (χ1) is 27.1. The number of rotatable bonds is 44. The Morgan fingerprint density at radius 2 is 0.618 bits per heavy atom. The zero-order valence-electron chi connectivity index (χ0n) is 38.1. The van der Waals surface area contributed by atoms with E-state index in [0.29, 0.717) is 26.4 Å². The van der Waals surface area contributed by atoms with E-state index in [9.17, 15) is 0 Å². The fraction of sp³-hybridized carbons (Fsp3) is 0.917. The molecular formula is C48H94O7. The van der Waals surface area contributed by atoms with Crippen LogP contribution in [-0.2, 0) is 33.2 Å². The quantitative estimate of drug-likeness (QED) is 0.0346. The molecule has 0 amide bonds. The third kappa shape index (κ3) is 30.3. The molecule has 0 aromatic heterocycles. The predicted molar refractivity (Wildman–Crippen MR) is 233 cm³/mol. The van der Waals surface area contributed by atoms with Crippen LogP contribution in [0.4, 0.5) is 0 Å². The molecule has 328 valence electrons. The second-order valence-electron chi connectivity index (χ2n) is 15.2. The molecule has 0 aliphatic carbocycles. The van der Waals surface area contributed by atoms with Crippen molar-refractivity contribution in [1.82, 2.24) is 0 Å². The summed E-state index contributed by atoms with van der Waals surface area (Å²) in [6.07, 6.45) is 33.0. The van der Waals surface area contributed by atoms with E-state index in [0.717, 1.165) is 74.4 Å². The van der Waals surface area contributed by atoms with Gasteiger partial charge in [-0.15, -0.1) is 0 Å². The highest BCUT2D eigenvalue weighted by atomic mass is 16.7. The number of hydrogen-bond donors (Lipinski definition) is 0. The van der Waals surface area contributed by atoms with Crippen molar-refractivity contribution in [2.45, 2.75) is 247 Å². The minimum atomic E-state index is -0.215. The summed E-state index contributed by atoms with van der Waals surface area (Å²) < 4.78 is 44.3. The summed E-state index contributed by atoms with van der Waals surface area (Å²) in [6.45, 7) is 19.9. The van der Waals surface area contributed by atoms with Gasteiger partial charge in [-0.05, 0) is 53.4 Å². The van der Waals surface area contributed by atoms with E-state index >= 15 is 0 Å². The standard InChI is InChI=1S/C48H94O7/c1-9-17-21-25-27-29-31-35-37-43(50-13-5)47(52-15-7)45(39-33-23-19-11-3)54-41-49-42-55-46(40-34-24-20-12-4)48(53-16-8)44(51-14-6)38-36-32-30-28-26-22-18-10-2/h45-46H,9-42H2,1-8H3. The highest BCUT2D eigenvalue weighted by molar-refractivity contribution is 5.09. The van der Waals surface area contributed by atoms with Gasteiger partial charge in [0.2, 0.25) is 0 Å². The van der Waals surface area contributed by atoms with Gasteiger partial charge in [0.15, 0.2) is 25.1 Å². The molecule has 0 aromatic rings. The van der Waals surface area contributed by atoms with Gasteiger partial charge in [-0.3, -0.25) is 0 Å². The van der Waals surface area contributed by atoms with Crippen LogP contribution in [0.2, 0.25) is 0 Å². The molecule has 0 saturated heterocycles. The van der Waals surface area contributed by atoms with Gasteiger partial charge in [-0.1, -0.05) is 169 Å². The molecule has 0 N–H and O–H groups in total. The van der Waals surface area contributed by atoms with Crippen molar-refractivity contribution < 1.29 is 33.2 Å². The van der Waals surface area contributed by atoms with Crippen LogP contribution < -0.4 is 0 Å². The molecule has 0 radical (unpaired) electrons. The zero-order chi connectivity index (χ0) is 40.5. The molecule has 0 bridgehead atoms. The van der Waals surface area contributed by atoms with E-state index in [1.807, 2.05) is 13.8 Å². The molecular weight excluding hydrogens is 689 g/mol. The van der Waals surface area contributed by atoms with Crippen LogP contribution in [0.25, 0.3) is 0 Å². The fourth-order valence-electron chi connectivity index (χ4n) is 7.13. The van der Waals surface area contributed by atoms with Crippen LogP contribution in [0.15, 0.2) is 23.0 Å². The smallest absolute Gasteiger partial charge is 0.162 e. The first-order valence-corrected chi connectivity index (χ1v) is 23.9. The van der Waals surface area contributed by atoms with Crippen LogP contribution in [0.5, 0.6) is 0 Å². The molecule has 2 atom stereocenters. The Hall–Kier alpha value is -1.44. The molecule has 0 rings (SSSR count). The Balaban J connectivity index is 5.75. The van der Waals surface area contributed by atoms with Crippen molar-refractivity contribution in [2.75, 3.05) is 40.0 Å². The maximum Gasteiger partial charge on any atom is 0.162 e. The van der Waals surface area contributed by atoms with Crippen LogP contribution in [0, 0.1) is 0 Å². The average Bonchev–Trinajstić information content (AvgIpc) is 3.19. The summed E-state index contributed by atoms with van der Waals surface area (Å²) in [6, 6.07) is 0. The predicted octanol–water partition coefficient (Wildman–Crippen LogP) is 15.3. The summed E-state index contributed by atoms with van der Waals surface area (Å²) in [5.41, 5.74) is 0. The van der Waals surface area contributed by atoms with E-state index in [-0.39, 0.29) is 25.8 Å². The number of hydrogen-bond acceptors (Lipinski definition) is 7. The first kappa shape index (κ1) is 53.6. The van der Waals surface area contributed by atoms with Crippen LogP contribution in [0.3, 0.4) is 0 Å². The third-order valence-corrected chi connectivity index (χ3v) is 10.2. The second-order valence-corrected chi connectivity index (χ2v) is 15.2. The molecule has 7 heteroatoms. The molecule has 0 spiro atoms. The monoisotopic (exact) mass is 783 g/mol. The van der Waals surface area contributed by atoms with Gasteiger partial charge in [0, 0.05) is 12.8 Å². The number of allylic oxidation sites excluding steroid dienone is 2. The molecule has 0 saturated carbocycles. The van der Waals surface area contributed by atoms with Crippen LogP contribution in [-0.4, -0.2) is 52.2 Å². The lowest BCUT2D eigenvalue weighted by atomic mass is 10.0. The Bertz CT molecular complexity index is 789. The van der Waals surface area contributed by atoms with Gasteiger partial charge >= 0.3 is 0 Å². The zero-order valence-corrected chi connectivity index (χ0v) is 38.1. The largest absolute Gasteiger partial charge is 0.495 e. The molecule has 7 nitrogen and oxygen atoms in total. The van der Waals surface area contributed by atoms with Crippen LogP contribution in [0.1, 0.15) is 235 Å². The van der Waals surface area contributed by atoms with E-state index < -0.39 is 0 Å². The van der Waals surface area contributed by atoms with Gasteiger partial charge < -0.3 is 33.2 Å². The summed E-state index contributed by atoms with van der Waals surface area (Å²) >= 11 is 0. The normalized spacial score (nSPS) is 13.7. The number of unbranched alkanes of at least 4 members (excludes halogenated alkanes) is 20. The molecule has 0 aliphatic heterocycles. The topological polar surface area (TPSA) is 64.6 Å². The van der Waals surface area contributed by atoms with Crippen molar-refractivity contribution in [3.05, 3.63) is 23.0 Å². The highest BCUT2D eigenvalue weighted by Crippen LogP contribution is 2.27. The lowest BCUT2D eigenvalue weighted by Crippen LogP contribution is -2.25. The van der Waals surface area contributed by atoms with Gasteiger partial charge in [-0.2, -0.15) is 0 Å². The van der Waals surface area contributed by atoms with E-state index in [2.05, 4.69) is 41.5 Å². The lowest BCUT2D eigenvalue weighted by Gasteiger charge is -2.26. The van der Waals surface area contributed by atoms with Crippen molar-refractivity contribution in [3.63, 3.8) is 0 Å². The van der Waals surface area contributed by atoms with Gasteiger partial charge in [-0.25, -0.2) is 0 Å². The summed E-state index contributed by atoms with van der Waals surface area (Å²) in [5, 5.41) is 0. The Morgan fingerprint density at radius 3 is 0.927 bits per heavy atom. The van der Waals surface area contributed by atoms with E-state index in [4.69, 9.17) is 33.2 Å². The molecule has 0 fully saturated rings. The molecule has 0 aromatic carbocycles. The summed E-state index contributed by atoms with van der Waals surface area (Å²) in [4.78, 5) is 0. The van der Waals surface area contributed by atoms with Gasteiger partial charge in [0.05, 0.1) is 26.4 Å². The molecule has 0 heterocycles. The fourth-order valence-corrected chi connectivity index (χ4v) is 7.13. The molecule has 55 heavy (non-hydrogen) atoms. The summed E-state index contributed by atoms with van der Waals surface area (Å²) in [5.74, 6) is 3.60. The van der Waals surface area contributed by atoms with Crippen molar-refractivity contribution in [3.8, 4) is 0 Å². The summed E-state index contributed by atoms with van der Waals surface area (Å²) in [7, 11) is 0. The number of ether oxygens (including phenoxy) is 7. The minimum absolute atomic E-state index is 0.124. The van der Waals surface area contributed by atoms with E-state index in [1.54, 1.807) is 0 Å². The van der Waals surface area contributed by atoms with Crippen LogP contribution >= 0.6 is 0 Å². The first-order valence-electron chi connectivity index (χ1n) is 23.9. The average molecular weight is 783 g/mol. The SMILES string of the molecule is CCCCCCCCCCC(OCC)=C(OCC)C(CCCCCC)OCOCOC(CCCCCC)C(OCC)=C(CCCCCCCCCC)OCC. The minimum Gasteiger partial charge on any atom is -0.495 e. The van der Waals surface area contributed by atoms with Crippen molar-refractivity contribution in [2.24, 2.45) is 0 Å². The Labute approximate surface area is 342 Å². The third-order valence-electron chi connectivity index (χ3n) is 10.2. The molecule has 2 unspecified atom stereocenters. The van der Waals surface area contributed by atoms with Crippen molar-refractivity contribution >= 4 is 0 Å². The highest BCUT2D eigenvalue weighted by Gasteiger charge is 2.24. The Kier molecular flexibility index (Phi) is 41.1. The van der Waals surface area contributed by atoms with Crippen molar-refractivity contribution in [1.29, 1.82) is 0 Å². The Morgan fingerprint density at radius 1 is 0.327 bits per heavy atom. The lowest BCUT2D eigenvalue weighted by molar-refractivity contribution is -0.167. The molecule has 0 aliphatic rings. The maximum absolute atomic E-state index is 6.51. The van der Waals surface area contributed by atoms with E-state index in [1.165, 1.54) is 128 Å². The van der Waals surface area contributed by atoms with Gasteiger partial charge in [0.25, 0.3) is 0 Å². The van der Waals surface area contributed by atoms with Gasteiger partial charge in [0.1, 0.15) is 23.7 Å². The second kappa shape index (κ2) is 42.2. The maximum atomic E-state index is 6.51.